The largest absolute Gasteiger partial charge is 0.344 e. The quantitative estimate of drug-likeness (QED) is 0.526. The highest BCUT2D eigenvalue weighted by molar-refractivity contribution is 5.79. The summed E-state index contributed by atoms with van der Waals surface area (Å²) < 4.78 is 1.09. The van der Waals surface area contributed by atoms with Gasteiger partial charge in [-0.3, -0.25) is 9.59 Å². The Hall–Kier alpha value is -3.55. The number of nitrogens with zero attached hydrogens (tertiary/aromatic N) is 4. The SMILES string of the molecule is CC[C@@H](C)[C@@H](NC(=O)Cn1nnc2ccccc2c1=O)c1nc2ccccc2[nH]1. The minimum atomic E-state index is -0.338. The number of carbonyl (C=O) groups excluding carboxylic acids is 1. The van der Waals surface area contributed by atoms with E-state index < -0.39 is 0 Å². The minimum Gasteiger partial charge on any atom is -0.344 e. The van der Waals surface area contributed by atoms with Crippen LogP contribution < -0.4 is 10.9 Å². The Morgan fingerprint density at radius 1 is 1.14 bits per heavy atom. The molecule has 0 aliphatic carbocycles. The molecule has 29 heavy (non-hydrogen) atoms. The molecule has 2 aromatic heterocycles. The third-order valence-electron chi connectivity index (χ3n) is 5.15. The van der Waals surface area contributed by atoms with Crippen LogP contribution in [0.15, 0.2) is 53.3 Å². The molecule has 0 bridgehead atoms. The fraction of sp³-hybridized carbons (Fsp3) is 0.286. The Balaban J connectivity index is 1.59. The molecule has 0 saturated heterocycles. The van der Waals surface area contributed by atoms with E-state index in [0.717, 1.165) is 22.1 Å². The van der Waals surface area contributed by atoms with Crippen molar-refractivity contribution in [3.63, 3.8) is 0 Å². The zero-order valence-corrected chi connectivity index (χ0v) is 16.3. The van der Waals surface area contributed by atoms with E-state index in [4.69, 9.17) is 0 Å². The summed E-state index contributed by atoms with van der Waals surface area (Å²) in [5.74, 6) is 0.534. The highest BCUT2D eigenvalue weighted by Crippen LogP contribution is 2.24. The third-order valence-corrected chi connectivity index (χ3v) is 5.15. The molecule has 4 rings (SSSR count). The molecule has 0 saturated carbocycles. The summed E-state index contributed by atoms with van der Waals surface area (Å²) in [6.45, 7) is 3.91. The predicted octanol–water partition coefficient (Wildman–Crippen LogP) is 2.57. The number of rotatable bonds is 6. The number of carbonyl (C=O) groups is 1. The maximum atomic E-state index is 12.7. The van der Waals surface area contributed by atoms with Crippen molar-refractivity contribution < 1.29 is 4.79 Å². The van der Waals surface area contributed by atoms with Gasteiger partial charge in [0.05, 0.1) is 22.5 Å². The van der Waals surface area contributed by atoms with Crippen LogP contribution in [0.25, 0.3) is 21.9 Å². The summed E-state index contributed by atoms with van der Waals surface area (Å²) in [6, 6.07) is 14.4. The summed E-state index contributed by atoms with van der Waals surface area (Å²) in [4.78, 5) is 33.3. The molecular formula is C21H22N6O2. The van der Waals surface area contributed by atoms with Crippen molar-refractivity contribution in [2.24, 2.45) is 5.92 Å². The van der Waals surface area contributed by atoms with Crippen LogP contribution in [-0.2, 0) is 11.3 Å². The fourth-order valence-electron chi connectivity index (χ4n) is 3.32. The van der Waals surface area contributed by atoms with Crippen LogP contribution in [0.3, 0.4) is 0 Å². The van der Waals surface area contributed by atoms with Crippen LogP contribution in [0.1, 0.15) is 32.1 Å². The van der Waals surface area contributed by atoms with Crippen molar-refractivity contribution >= 4 is 27.8 Å². The molecule has 148 valence electrons. The van der Waals surface area contributed by atoms with Crippen molar-refractivity contribution in [3.05, 3.63) is 64.7 Å². The molecule has 0 fully saturated rings. The topological polar surface area (TPSA) is 106 Å². The number of benzene rings is 2. The number of hydrogen-bond acceptors (Lipinski definition) is 5. The van der Waals surface area contributed by atoms with Crippen molar-refractivity contribution in [3.8, 4) is 0 Å². The van der Waals surface area contributed by atoms with Crippen molar-refractivity contribution in [2.45, 2.75) is 32.9 Å². The van der Waals surface area contributed by atoms with Gasteiger partial charge in [0.15, 0.2) is 0 Å². The lowest BCUT2D eigenvalue weighted by Gasteiger charge is -2.22. The number of para-hydroxylation sites is 2. The summed E-state index contributed by atoms with van der Waals surface area (Å²) in [5, 5.41) is 11.4. The average molecular weight is 390 g/mol. The number of imidazole rings is 1. The minimum absolute atomic E-state index is 0.152. The molecule has 2 atom stereocenters. The van der Waals surface area contributed by atoms with E-state index in [1.807, 2.05) is 24.3 Å². The summed E-state index contributed by atoms with van der Waals surface area (Å²) in [5.41, 5.74) is 1.94. The molecule has 0 unspecified atom stereocenters. The summed E-state index contributed by atoms with van der Waals surface area (Å²) >= 11 is 0. The maximum absolute atomic E-state index is 12.7. The van der Waals surface area contributed by atoms with Gasteiger partial charge < -0.3 is 10.3 Å². The fourth-order valence-corrected chi connectivity index (χ4v) is 3.32. The molecule has 0 radical (unpaired) electrons. The van der Waals surface area contributed by atoms with Gasteiger partial charge in [0, 0.05) is 0 Å². The monoisotopic (exact) mass is 390 g/mol. The molecule has 4 aromatic rings. The lowest BCUT2D eigenvalue weighted by molar-refractivity contribution is -0.123. The number of H-pyrrole nitrogens is 1. The summed E-state index contributed by atoms with van der Waals surface area (Å²) in [6.07, 6.45) is 0.859. The van der Waals surface area contributed by atoms with Crippen molar-refractivity contribution in [1.82, 2.24) is 30.3 Å². The normalized spacial score (nSPS) is 13.4. The van der Waals surface area contributed by atoms with Gasteiger partial charge in [-0.15, -0.1) is 5.10 Å². The third kappa shape index (κ3) is 3.73. The first-order valence-electron chi connectivity index (χ1n) is 9.63. The average Bonchev–Trinajstić information content (AvgIpc) is 3.17. The van der Waals surface area contributed by atoms with E-state index in [0.29, 0.717) is 16.7 Å². The molecule has 0 spiro atoms. The predicted molar refractivity (Wildman–Crippen MR) is 110 cm³/mol. The Morgan fingerprint density at radius 2 is 1.86 bits per heavy atom. The van der Waals surface area contributed by atoms with Crippen LogP contribution >= 0.6 is 0 Å². The first-order chi connectivity index (χ1) is 14.1. The molecule has 2 aromatic carbocycles. The second-order valence-electron chi connectivity index (χ2n) is 7.14. The number of fused-ring (bicyclic) bond motifs is 2. The molecule has 0 aliphatic heterocycles. The standard InChI is InChI=1S/C21H22N6O2/c1-3-13(2)19(20-22-16-10-6-7-11-17(16)23-20)24-18(28)12-27-21(29)14-8-4-5-9-15(14)25-26-27/h4-11,13,19H,3,12H2,1-2H3,(H,22,23)(H,24,28)/t13-,19-/m1/s1. The van der Waals surface area contributed by atoms with E-state index in [2.05, 4.69) is 39.4 Å². The Bertz CT molecular complexity index is 1200. The van der Waals surface area contributed by atoms with Gasteiger partial charge in [-0.05, 0) is 30.2 Å². The first-order valence-corrected chi connectivity index (χ1v) is 9.63. The van der Waals surface area contributed by atoms with Crippen molar-refractivity contribution in [1.29, 1.82) is 0 Å². The van der Waals surface area contributed by atoms with Crippen LogP contribution in [0.4, 0.5) is 0 Å². The van der Waals surface area contributed by atoms with E-state index in [9.17, 15) is 9.59 Å². The van der Waals surface area contributed by atoms with Crippen LogP contribution in [0, 0.1) is 5.92 Å². The van der Waals surface area contributed by atoms with E-state index in [1.54, 1.807) is 24.3 Å². The van der Waals surface area contributed by atoms with E-state index in [1.165, 1.54) is 0 Å². The zero-order valence-electron chi connectivity index (χ0n) is 16.3. The van der Waals surface area contributed by atoms with Gasteiger partial charge >= 0.3 is 0 Å². The smallest absolute Gasteiger partial charge is 0.278 e. The van der Waals surface area contributed by atoms with Crippen LogP contribution in [0.5, 0.6) is 0 Å². The van der Waals surface area contributed by atoms with Gasteiger partial charge in [-0.1, -0.05) is 49.7 Å². The lowest BCUT2D eigenvalue weighted by atomic mass is 9.98. The number of hydrogen-bond donors (Lipinski definition) is 2. The van der Waals surface area contributed by atoms with Crippen LogP contribution in [0.2, 0.25) is 0 Å². The number of aromatic nitrogens is 5. The van der Waals surface area contributed by atoms with Crippen molar-refractivity contribution in [2.75, 3.05) is 0 Å². The molecule has 2 heterocycles. The van der Waals surface area contributed by atoms with Gasteiger partial charge in [0.25, 0.3) is 5.56 Å². The summed E-state index contributed by atoms with van der Waals surface area (Å²) in [7, 11) is 0. The maximum Gasteiger partial charge on any atom is 0.278 e. The Morgan fingerprint density at radius 3 is 2.62 bits per heavy atom. The van der Waals surface area contributed by atoms with Gasteiger partial charge in [-0.2, -0.15) is 0 Å². The molecule has 8 heteroatoms. The van der Waals surface area contributed by atoms with E-state index in [-0.39, 0.29) is 30.0 Å². The molecule has 0 aliphatic rings. The number of aromatic amines is 1. The Kier molecular flexibility index (Phi) is 5.07. The van der Waals surface area contributed by atoms with Gasteiger partial charge in [-0.25, -0.2) is 9.67 Å². The highest BCUT2D eigenvalue weighted by atomic mass is 16.2. The zero-order chi connectivity index (χ0) is 20.4. The molecular weight excluding hydrogens is 368 g/mol. The highest BCUT2D eigenvalue weighted by Gasteiger charge is 2.24. The molecule has 2 N–H and O–H groups in total. The van der Waals surface area contributed by atoms with Gasteiger partial charge in [0.1, 0.15) is 17.9 Å². The first kappa shape index (κ1) is 18.8. The number of amides is 1. The second kappa shape index (κ2) is 7.83. The second-order valence-corrected chi connectivity index (χ2v) is 7.14. The van der Waals surface area contributed by atoms with Crippen LogP contribution in [-0.4, -0.2) is 30.9 Å². The molecule has 1 amide bonds. The molecule has 8 nitrogen and oxygen atoms in total. The van der Waals surface area contributed by atoms with E-state index >= 15 is 0 Å². The lowest BCUT2D eigenvalue weighted by Crippen LogP contribution is -2.38. The Labute approximate surface area is 167 Å². The number of nitrogens with one attached hydrogen (secondary N) is 2. The van der Waals surface area contributed by atoms with Gasteiger partial charge in [0.2, 0.25) is 5.91 Å².